The van der Waals surface area contributed by atoms with Crippen LogP contribution < -0.4 is 0 Å². The van der Waals surface area contributed by atoms with E-state index in [1.54, 1.807) is 48.5 Å². The van der Waals surface area contributed by atoms with Gasteiger partial charge in [-0.25, -0.2) is 0 Å². The van der Waals surface area contributed by atoms with E-state index in [1.165, 1.54) is 0 Å². The van der Waals surface area contributed by atoms with Gasteiger partial charge in [-0.15, -0.1) is 0 Å². The van der Waals surface area contributed by atoms with Gasteiger partial charge in [-0.05, 0) is 33.4 Å². The van der Waals surface area contributed by atoms with Gasteiger partial charge in [0.25, 0.3) is 0 Å². The third-order valence-corrected chi connectivity index (χ3v) is 6.71. The number of carbonyl (C=O) groups is 2. The lowest BCUT2D eigenvalue weighted by molar-refractivity contribution is -0.144. The largest absolute Gasteiger partial charge is 0.481 e. The summed E-state index contributed by atoms with van der Waals surface area (Å²) in [5.41, 5.74) is 2.97. The lowest BCUT2D eigenvalue weighted by Crippen LogP contribution is -2.46. The second-order valence-corrected chi connectivity index (χ2v) is 8.32. The summed E-state index contributed by atoms with van der Waals surface area (Å²) in [4.78, 5) is 26.2. The molecule has 4 heteroatoms. The minimum atomic E-state index is -1.35. The third-order valence-electron chi connectivity index (χ3n) is 6.71. The van der Waals surface area contributed by atoms with Gasteiger partial charge in [0.05, 0.1) is 17.3 Å². The van der Waals surface area contributed by atoms with Crippen molar-refractivity contribution < 1.29 is 19.8 Å². The smallest absolute Gasteiger partial charge is 0.312 e. The van der Waals surface area contributed by atoms with E-state index in [0.29, 0.717) is 11.1 Å². The highest BCUT2D eigenvalue weighted by molar-refractivity contribution is 5.94. The average molecular weight is 434 g/mol. The molecule has 4 nitrogen and oxygen atoms in total. The molecule has 0 aromatic heterocycles. The summed E-state index contributed by atoms with van der Waals surface area (Å²) in [7, 11) is 0. The molecule has 162 valence electrons. The van der Waals surface area contributed by atoms with Gasteiger partial charge in [0.2, 0.25) is 0 Å². The quantitative estimate of drug-likeness (QED) is 0.409. The standard InChI is InChI=1S/C29H22O4/c30-27(31)25(19-11-3-1-4-12-19)29(26(28(32)33)20-13-5-2-6-14-20)23-17-9-7-15-21(23)22-16-8-10-18-24(22)29/h1-18,25-26H,(H,30,31)(H,32,33). The van der Waals surface area contributed by atoms with Gasteiger partial charge in [0.15, 0.2) is 0 Å². The van der Waals surface area contributed by atoms with E-state index < -0.39 is 29.2 Å². The van der Waals surface area contributed by atoms with E-state index in [9.17, 15) is 19.8 Å². The van der Waals surface area contributed by atoms with Crippen LogP contribution in [-0.4, -0.2) is 22.2 Å². The Morgan fingerprint density at radius 2 is 0.848 bits per heavy atom. The van der Waals surface area contributed by atoms with Crippen molar-refractivity contribution in [3.05, 3.63) is 131 Å². The van der Waals surface area contributed by atoms with E-state index >= 15 is 0 Å². The summed E-state index contributed by atoms with van der Waals surface area (Å²) < 4.78 is 0. The Morgan fingerprint density at radius 1 is 0.515 bits per heavy atom. The molecule has 0 saturated heterocycles. The number of carboxylic acid groups (broad SMARTS) is 2. The van der Waals surface area contributed by atoms with Gasteiger partial charge >= 0.3 is 11.9 Å². The number of hydrogen-bond acceptors (Lipinski definition) is 2. The van der Waals surface area contributed by atoms with Crippen LogP contribution in [0.5, 0.6) is 0 Å². The van der Waals surface area contributed by atoms with Crippen molar-refractivity contribution in [3.8, 4) is 11.1 Å². The van der Waals surface area contributed by atoms with Crippen molar-refractivity contribution in [3.63, 3.8) is 0 Å². The van der Waals surface area contributed by atoms with Crippen molar-refractivity contribution in [2.45, 2.75) is 17.3 Å². The van der Waals surface area contributed by atoms with Crippen molar-refractivity contribution in [2.24, 2.45) is 0 Å². The summed E-state index contributed by atoms with van der Waals surface area (Å²) >= 11 is 0. The molecule has 0 heterocycles. The molecule has 1 aliphatic rings. The number of rotatable bonds is 6. The summed E-state index contributed by atoms with van der Waals surface area (Å²) in [6.45, 7) is 0. The molecule has 2 N–H and O–H groups in total. The molecule has 2 atom stereocenters. The minimum absolute atomic E-state index is 0.568. The van der Waals surface area contributed by atoms with E-state index in [4.69, 9.17) is 0 Å². The van der Waals surface area contributed by atoms with Crippen LogP contribution in [-0.2, 0) is 15.0 Å². The number of hydrogen-bond donors (Lipinski definition) is 2. The van der Waals surface area contributed by atoms with Crippen LogP contribution in [0.4, 0.5) is 0 Å². The molecular weight excluding hydrogens is 412 g/mol. The Morgan fingerprint density at radius 3 is 1.21 bits per heavy atom. The van der Waals surface area contributed by atoms with Crippen LogP contribution >= 0.6 is 0 Å². The molecule has 0 amide bonds. The van der Waals surface area contributed by atoms with Crippen LogP contribution in [0, 0.1) is 0 Å². The topological polar surface area (TPSA) is 74.6 Å². The zero-order chi connectivity index (χ0) is 23.0. The van der Waals surface area contributed by atoms with E-state index in [-0.39, 0.29) is 0 Å². The first-order valence-corrected chi connectivity index (χ1v) is 10.8. The molecule has 4 aromatic carbocycles. The molecule has 2 unspecified atom stereocenters. The Bertz CT molecular complexity index is 1220. The summed E-state index contributed by atoms with van der Waals surface area (Å²) in [6.07, 6.45) is 0. The van der Waals surface area contributed by atoms with E-state index in [1.807, 2.05) is 60.7 Å². The van der Waals surface area contributed by atoms with E-state index in [0.717, 1.165) is 22.3 Å². The van der Waals surface area contributed by atoms with Crippen LogP contribution in [0.1, 0.15) is 34.1 Å². The Hall–Kier alpha value is -4.18. The molecule has 0 saturated carbocycles. The van der Waals surface area contributed by atoms with Crippen molar-refractivity contribution in [2.75, 3.05) is 0 Å². The number of benzene rings is 4. The SMILES string of the molecule is O=C(O)C(c1ccccc1)C1(C(C(=O)O)c2ccccc2)c2ccccc2-c2ccccc21. The highest BCUT2D eigenvalue weighted by atomic mass is 16.4. The Labute approximate surface area is 191 Å². The summed E-state index contributed by atoms with van der Waals surface area (Å²) in [5.74, 6) is -4.36. The maximum absolute atomic E-state index is 13.1. The highest BCUT2D eigenvalue weighted by Crippen LogP contribution is 2.61. The molecule has 0 radical (unpaired) electrons. The van der Waals surface area contributed by atoms with Crippen molar-refractivity contribution in [1.82, 2.24) is 0 Å². The van der Waals surface area contributed by atoms with Crippen LogP contribution in [0.2, 0.25) is 0 Å². The van der Waals surface area contributed by atoms with Crippen molar-refractivity contribution in [1.29, 1.82) is 0 Å². The molecule has 4 aromatic rings. The lowest BCUT2D eigenvalue weighted by Gasteiger charge is -2.42. The van der Waals surface area contributed by atoms with Gasteiger partial charge in [0.1, 0.15) is 0 Å². The van der Waals surface area contributed by atoms with Gasteiger partial charge in [-0.3, -0.25) is 9.59 Å². The molecule has 0 spiro atoms. The first-order chi connectivity index (χ1) is 16.1. The predicted octanol–water partition coefficient (Wildman–Crippen LogP) is 5.69. The highest BCUT2D eigenvalue weighted by Gasteiger charge is 2.59. The fourth-order valence-electron chi connectivity index (χ4n) is 5.58. The maximum Gasteiger partial charge on any atom is 0.312 e. The van der Waals surface area contributed by atoms with E-state index in [2.05, 4.69) is 0 Å². The second-order valence-electron chi connectivity index (χ2n) is 8.32. The normalized spacial score (nSPS) is 15.2. The molecule has 5 rings (SSSR count). The molecule has 0 bridgehead atoms. The number of fused-ring (bicyclic) bond motifs is 3. The second kappa shape index (κ2) is 8.06. The van der Waals surface area contributed by atoms with Gasteiger partial charge in [-0.2, -0.15) is 0 Å². The van der Waals surface area contributed by atoms with Crippen LogP contribution in [0.25, 0.3) is 11.1 Å². The first-order valence-electron chi connectivity index (χ1n) is 10.8. The predicted molar refractivity (Wildman–Crippen MR) is 126 cm³/mol. The zero-order valence-corrected chi connectivity index (χ0v) is 17.8. The average Bonchev–Trinajstić information content (AvgIpc) is 3.11. The zero-order valence-electron chi connectivity index (χ0n) is 17.8. The molecule has 0 fully saturated rings. The molecule has 0 aliphatic heterocycles. The third kappa shape index (κ3) is 3.06. The fraction of sp³-hybridized carbons (Fsp3) is 0.103. The van der Waals surface area contributed by atoms with Crippen LogP contribution in [0.15, 0.2) is 109 Å². The molecule has 33 heavy (non-hydrogen) atoms. The first kappa shape index (κ1) is 20.7. The summed E-state index contributed by atoms with van der Waals surface area (Å²) in [5, 5.41) is 21.4. The van der Waals surface area contributed by atoms with Gasteiger partial charge in [-0.1, -0.05) is 109 Å². The lowest BCUT2D eigenvalue weighted by atomic mass is 9.57. The summed E-state index contributed by atoms with van der Waals surface area (Å²) in [6, 6.07) is 33.1. The van der Waals surface area contributed by atoms with Gasteiger partial charge < -0.3 is 10.2 Å². The molecular formula is C29H22O4. The number of carboxylic acids is 2. The Kier molecular flexibility index (Phi) is 5.06. The molecule has 1 aliphatic carbocycles. The maximum atomic E-state index is 13.1. The fourth-order valence-corrected chi connectivity index (χ4v) is 5.58. The van der Waals surface area contributed by atoms with Gasteiger partial charge in [0, 0.05) is 0 Å². The Balaban J connectivity index is 1.96. The monoisotopic (exact) mass is 434 g/mol. The van der Waals surface area contributed by atoms with Crippen molar-refractivity contribution >= 4 is 11.9 Å². The minimum Gasteiger partial charge on any atom is -0.481 e. The van der Waals surface area contributed by atoms with Crippen LogP contribution in [0.3, 0.4) is 0 Å². The number of aliphatic carboxylic acids is 2.